The van der Waals surface area contributed by atoms with Gasteiger partial charge in [0.2, 0.25) is 0 Å². The van der Waals surface area contributed by atoms with Crippen LogP contribution < -0.4 is 5.32 Å². The molecule has 7 heteroatoms. The molecule has 1 aromatic heterocycles. The Hall–Kier alpha value is -1.53. The van der Waals surface area contributed by atoms with Gasteiger partial charge in [-0.05, 0) is 6.92 Å². The summed E-state index contributed by atoms with van der Waals surface area (Å²) in [6, 6.07) is 0.672. The molecule has 0 radical (unpaired) electrons. The number of rotatable bonds is 2. The zero-order chi connectivity index (χ0) is 10.8. The third-order valence-electron chi connectivity index (χ3n) is 1.45. The molecular formula is C7H8F3N3O. The first-order valence-electron chi connectivity index (χ1n) is 3.86. The Kier molecular flexibility index (Phi) is 2.78. The summed E-state index contributed by atoms with van der Waals surface area (Å²) in [5, 5.41) is 7.33. The Morgan fingerprint density at radius 1 is 1.64 bits per heavy atom. The predicted molar refractivity (Wildman–Crippen MR) is 41.6 cm³/mol. The number of halogens is 3. The Morgan fingerprint density at radius 3 is 2.71 bits per heavy atom. The van der Waals surface area contributed by atoms with Crippen molar-refractivity contribution in [1.29, 1.82) is 0 Å². The zero-order valence-corrected chi connectivity index (χ0v) is 7.27. The molecule has 0 atom stereocenters. The number of hydrogen-bond donors (Lipinski definition) is 2. The van der Waals surface area contributed by atoms with E-state index >= 15 is 0 Å². The molecule has 1 amide bonds. The molecule has 0 aromatic carbocycles. The van der Waals surface area contributed by atoms with Crippen molar-refractivity contribution in [3.63, 3.8) is 0 Å². The van der Waals surface area contributed by atoms with Gasteiger partial charge in [-0.2, -0.15) is 18.3 Å². The second-order valence-corrected chi connectivity index (χ2v) is 2.52. The molecule has 0 saturated carbocycles. The highest BCUT2D eigenvalue weighted by atomic mass is 19.4. The third kappa shape index (κ3) is 2.24. The van der Waals surface area contributed by atoms with Crippen LogP contribution in [-0.2, 0) is 6.18 Å². The molecule has 0 saturated heterocycles. The topological polar surface area (TPSA) is 57.8 Å². The monoisotopic (exact) mass is 207 g/mol. The number of carbonyl (C=O) groups is 1. The van der Waals surface area contributed by atoms with Crippen LogP contribution in [0.15, 0.2) is 6.07 Å². The van der Waals surface area contributed by atoms with Gasteiger partial charge in [0.15, 0.2) is 5.69 Å². The van der Waals surface area contributed by atoms with Gasteiger partial charge in [0, 0.05) is 12.6 Å². The highest BCUT2D eigenvalue weighted by Crippen LogP contribution is 2.27. The minimum absolute atomic E-state index is 0.265. The molecule has 0 spiro atoms. The number of amides is 1. The van der Waals surface area contributed by atoms with E-state index in [0.717, 1.165) is 0 Å². The van der Waals surface area contributed by atoms with Gasteiger partial charge in [0.1, 0.15) is 5.69 Å². The molecule has 0 fully saturated rings. The summed E-state index contributed by atoms with van der Waals surface area (Å²) in [5.41, 5.74) is -1.29. The average molecular weight is 207 g/mol. The Morgan fingerprint density at radius 2 is 2.29 bits per heavy atom. The maximum absolute atomic E-state index is 12.0. The molecule has 2 N–H and O–H groups in total. The van der Waals surface area contributed by atoms with Gasteiger partial charge < -0.3 is 5.32 Å². The average Bonchev–Trinajstić information content (AvgIpc) is 2.51. The molecule has 78 valence electrons. The highest BCUT2D eigenvalue weighted by Gasteiger charge is 2.33. The summed E-state index contributed by atoms with van der Waals surface area (Å²) in [6.45, 7) is 2.00. The Bertz CT molecular complexity index is 331. The normalized spacial score (nSPS) is 11.4. The van der Waals surface area contributed by atoms with E-state index in [4.69, 9.17) is 0 Å². The zero-order valence-electron chi connectivity index (χ0n) is 7.27. The van der Waals surface area contributed by atoms with E-state index in [-0.39, 0.29) is 5.69 Å². The van der Waals surface area contributed by atoms with Gasteiger partial charge in [-0.15, -0.1) is 0 Å². The van der Waals surface area contributed by atoms with E-state index in [1.807, 2.05) is 0 Å². The molecule has 0 bridgehead atoms. The van der Waals surface area contributed by atoms with Crippen LogP contribution in [0.5, 0.6) is 0 Å². The van der Waals surface area contributed by atoms with E-state index in [9.17, 15) is 18.0 Å². The third-order valence-corrected chi connectivity index (χ3v) is 1.45. The second kappa shape index (κ2) is 3.69. The van der Waals surface area contributed by atoms with E-state index in [1.54, 1.807) is 12.0 Å². The van der Waals surface area contributed by atoms with Crippen LogP contribution in [0.25, 0.3) is 0 Å². The van der Waals surface area contributed by atoms with Crippen molar-refractivity contribution in [2.45, 2.75) is 13.1 Å². The first-order valence-corrected chi connectivity index (χ1v) is 3.86. The smallest absolute Gasteiger partial charge is 0.351 e. The van der Waals surface area contributed by atoms with Crippen LogP contribution >= 0.6 is 0 Å². The fourth-order valence-corrected chi connectivity index (χ4v) is 0.834. The van der Waals surface area contributed by atoms with Gasteiger partial charge >= 0.3 is 6.18 Å². The van der Waals surface area contributed by atoms with Gasteiger partial charge in [0.25, 0.3) is 5.91 Å². The second-order valence-electron chi connectivity index (χ2n) is 2.52. The first-order chi connectivity index (χ1) is 6.45. The van der Waals surface area contributed by atoms with Crippen molar-refractivity contribution in [1.82, 2.24) is 15.5 Å². The van der Waals surface area contributed by atoms with E-state index < -0.39 is 17.8 Å². The summed E-state index contributed by atoms with van der Waals surface area (Å²) < 4.78 is 36.1. The molecule has 14 heavy (non-hydrogen) atoms. The Labute approximate surface area is 77.5 Å². The lowest BCUT2D eigenvalue weighted by Gasteiger charge is -1.99. The van der Waals surface area contributed by atoms with Gasteiger partial charge in [-0.3, -0.25) is 9.89 Å². The van der Waals surface area contributed by atoms with E-state index in [1.165, 1.54) is 0 Å². The predicted octanol–water partition coefficient (Wildman–Crippen LogP) is 1.18. The fraction of sp³-hybridized carbons (Fsp3) is 0.429. The van der Waals surface area contributed by atoms with Crippen LogP contribution in [0.3, 0.4) is 0 Å². The first kappa shape index (κ1) is 10.6. The van der Waals surface area contributed by atoms with Crippen LogP contribution in [0.4, 0.5) is 13.2 Å². The van der Waals surface area contributed by atoms with Crippen molar-refractivity contribution in [2.75, 3.05) is 6.54 Å². The number of H-pyrrole nitrogens is 1. The lowest BCUT2D eigenvalue weighted by atomic mass is 10.3. The maximum Gasteiger partial charge on any atom is 0.432 e. The number of hydrogen-bond acceptors (Lipinski definition) is 2. The van der Waals surface area contributed by atoms with Gasteiger partial charge in [-0.1, -0.05) is 0 Å². The molecular weight excluding hydrogens is 199 g/mol. The van der Waals surface area contributed by atoms with Crippen LogP contribution in [0.2, 0.25) is 0 Å². The number of aromatic nitrogens is 2. The lowest BCUT2D eigenvalue weighted by Crippen LogP contribution is -2.22. The van der Waals surface area contributed by atoms with Crippen LogP contribution in [-0.4, -0.2) is 22.6 Å². The molecule has 0 unspecified atom stereocenters. The van der Waals surface area contributed by atoms with E-state index in [0.29, 0.717) is 12.6 Å². The molecule has 1 rings (SSSR count). The molecule has 0 aliphatic rings. The van der Waals surface area contributed by atoms with Crippen molar-refractivity contribution in [3.05, 3.63) is 17.5 Å². The SMILES string of the molecule is CCNC(=O)c1cc(C(F)(F)F)[nH]n1. The van der Waals surface area contributed by atoms with Gasteiger partial charge in [-0.25, -0.2) is 0 Å². The summed E-state index contributed by atoms with van der Waals surface area (Å²) in [5.74, 6) is -0.626. The van der Waals surface area contributed by atoms with Gasteiger partial charge in [0.05, 0.1) is 0 Å². The largest absolute Gasteiger partial charge is 0.432 e. The molecule has 1 aromatic rings. The van der Waals surface area contributed by atoms with Crippen LogP contribution in [0, 0.1) is 0 Å². The highest BCUT2D eigenvalue weighted by molar-refractivity contribution is 5.92. The quantitative estimate of drug-likeness (QED) is 0.764. The summed E-state index contributed by atoms with van der Waals surface area (Å²) in [4.78, 5) is 11.0. The van der Waals surface area contributed by atoms with E-state index in [2.05, 4.69) is 10.4 Å². The number of aromatic amines is 1. The lowest BCUT2D eigenvalue weighted by molar-refractivity contribution is -0.141. The Balaban J connectivity index is 2.83. The molecule has 4 nitrogen and oxygen atoms in total. The minimum Gasteiger partial charge on any atom is -0.351 e. The number of nitrogens with zero attached hydrogens (tertiary/aromatic N) is 1. The van der Waals surface area contributed by atoms with Crippen LogP contribution in [0.1, 0.15) is 23.1 Å². The van der Waals surface area contributed by atoms with Crippen molar-refractivity contribution in [2.24, 2.45) is 0 Å². The molecule has 0 aliphatic heterocycles. The number of alkyl halides is 3. The number of carbonyl (C=O) groups excluding carboxylic acids is 1. The summed E-state index contributed by atoms with van der Waals surface area (Å²) in [6.07, 6.45) is -4.50. The molecule has 1 heterocycles. The number of nitrogens with one attached hydrogen (secondary N) is 2. The van der Waals surface area contributed by atoms with Crippen molar-refractivity contribution in [3.8, 4) is 0 Å². The fourth-order valence-electron chi connectivity index (χ4n) is 0.834. The summed E-state index contributed by atoms with van der Waals surface area (Å²) >= 11 is 0. The molecule has 0 aliphatic carbocycles. The van der Waals surface area contributed by atoms with Crippen molar-refractivity contribution < 1.29 is 18.0 Å². The van der Waals surface area contributed by atoms with Crippen molar-refractivity contribution >= 4 is 5.91 Å². The minimum atomic E-state index is -4.50. The maximum atomic E-state index is 12.0. The summed E-state index contributed by atoms with van der Waals surface area (Å²) in [7, 11) is 0. The standard InChI is InChI=1S/C7H8F3N3O/c1-2-11-6(14)4-3-5(13-12-4)7(8,9)10/h3H,2H2,1H3,(H,11,14)(H,12,13).